The second kappa shape index (κ2) is 8.29. The first-order valence-electron chi connectivity index (χ1n) is 10.6. The van der Waals surface area contributed by atoms with Gasteiger partial charge in [0.25, 0.3) is 0 Å². The Balaban J connectivity index is 1.31. The Labute approximate surface area is 185 Å². The zero-order chi connectivity index (χ0) is 22.1. The molecule has 2 N–H and O–H groups in total. The zero-order valence-electron chi connectivity index (χ0n) is 17.4. The van der Waals surface area contributed by atoms with E-state index >= 15 is 0 Å². The van der Waals surface area contributed by atoms with Gasteiger partial charge in [0.2, 0.25) is 10.0 Å². The maximum Gasteiger partial charge on any atom is 0.417 e. The van der Waals surface area contributed by atoms with Crippen molar-refractivity contribution in [1.82, 2.24) is 9.71 Å². The van der Waals surface area contributed by atoms with Crippen LogP contribution in [0.3, 0.4) is 0 Å². The largest absolute Gasteiger partial charge is 0.417 e. The number of anilines is 2. The molecular weight excluding hydrogens is 426 g/mol. The smallest absolute Gasteiger partial charge is 0.408 e. The van der Waals surface area contributed by atoms with Crippen LogP contribution in [0, 0.1) is 0 Å². The molecule has 1 aliphatic heterocycles. The van der Waals surface area contributed by atoms with Crippen molar-refractivity contribution >= 4 is 32.5 Å². The van der Waals surface area contributed by atoms with E-state index in [4.69, 9.17) is 4.42 Å². The molecule has 3 aromatic carbocycles. The summed E-state index contributed by atoms with van der Waals surface area (Å²) in [5.74, 6) is -0.611. The molecule has 0 fully saturated rings. The molecule has 2 heterocycles. The standard InChI is InChI=1S/C24H23N3O4S/c28-24-26-20-13-12-19(16-23(20)31-24)32(29,30)25-14-5-15-27-21-8-3-1-6-17(21)10-11-18-7-2-4-9-22(18)27/h1-4,6-9,12-13,16,25H,5,10-11,14-15H2,(H,26,28). The molecule has 0 saturated carbocycles. The molecule has 0 amide bonds. The van der Waals surface area contributed by atoms with Crippen molar-refractivity contribution in [2.24, 2.45) is 0 Å². The minimum Gasteiger partial charge on any atom is -0.408 e. The lowest BCUT2D eigenvalue weighted by atomic mass is 10.0. The summed E-state index contributed by atoms with van der Waals surface area (Å²) in [6.07, 6.45) is 2.59. The molecule has 8 heteroatoms. The van der Waals surface area contributed by atoms with E-state index in [1.807, 2.05) is 12.1 Å². The van der Waals surface area contributed by atoms with Crippen LogP contribution in [-0.4, -0.2) is 26.5 Å². The third-order valence-electron chi connectivity index (χ3n) is 5.78. The van der Waals surface area contributed by atoms with Crippen molar-refractivity contribution in [2.75, 3.05) is 18.0 Å². The highest BCUT2D eigenvalue weighted by Crippen LogP contribution is 2.35. The minimum atomic E-state index is -3.72. The number of benzene rings is 3. The number of aromatic nitrogens is 1. The van der Waals surface area contributed by atoms with E-state index in [1.165, 1.54) is 40.7 Å². The van der Waals surface area contributed by atoms with Crippen LogP contribution in [0.15, 0.2) is 80.8 Å². The summed E-state index contributed by atoms with van der Waals surface area (Å²) >= 11 is 0. The van der Waals surface area contributed by atoms with Crippen LogP contribution < -0.4 is 15.4 Å². The van der Waals surface area contributed by atoms with Crippen LogP contribution in [0.5, 0.6) is 0 Å². The number of nitrogens with one attached hydrogen (secondary N) is 2. The maximum atomic E-state index is 12.7. The number of para-hydroxylation sites is 2. The predicted octanol–water partition coefficient (Wildman–Crippen LogP) is 3.73. The van der Waals surface area contributed by atoms with Crippen LogP contribution in [0.4, 0.5) is 11.4 Å². The number of H-pyrrole nitrogens is 1. The molecule has 7 nitrogen and oxygen atoms in total. The van der Waals surface area contributed by atoms with Crippen molar-refractivity contribution in [3.63, 3.8) is 0 Å². The lowest BCUT2D eigenvalue weighted by molar-refractivity contribution is 0.553. The SMILES string of the molecule is O=c1[nH]c2ccc(S(=O)(=O)NCCCN3c4ccccc4CCc4ccccc43)cc2o1. The van der Waals surface area contributed by atoms with Gasteiger partial charge in [-0.15, -0.1) is 0 Å². The summed E-state index contributed by atoms with van der Waals surface area (Å²) in [4.78, 5) is 16.2. The molecular formula is C24H23N3O4S. The van der Waals surface area contributed by atoms with Gasteiger partial charge in [-0.25, -0.2) is 17.9 Å². The van der Waals surface area contributed by atoms with Crippen LogP contribution in [0.2, 0.25) is 0 Å². The molecule has 0 atom stereocenters. The molecule has 1 aliphatic rings. The van der Waals surface area contributed by atoms with Crippen molar-refractivity contribution in [1.29, 1.82) is 0 Å². The van der Waals surface area contributed by atoms with Gasteiger partial charge in [0.1, 0.15) is 0 Å². The van der Waals surface area contributed by atoms with Crippen molar-refractivity contribution in [3.05, 3.63) is 88.4 Å². The number of fused-ring (bicyclic) bond motifs is 3. The zero-order valence-corrected chi connectivity index (χ0v) is 18.2. The fourth-order valence-corrected chi connectivity index (χ4v) is 5.32. The number of rotatable bonds is 6. The van der Waals surface area contributed by atoms with Crippen LogP contribution in [0.1, 0.15) is 17.5 Å². The summed E-state index contributed by atoms with van der Waals surface area (Å²) in [7, 11) is -3.72. The van der Waals surface area contributed by atoms with Gasteiger partial charge < -0.3 is 9.32 Å². The molecule has 4 aromatic rings. The second-order valence-corrected chi connectivity index (χ2v) is 9.60. The van der Waals surface area contributed by atoms with Crippen molar-refractivity contribution in [3.8, 4) is 0 Å². The number of aromatic amines is 1. The fraction of sp³-hybridized carbons (Fsp3) is 0.208. The second-order valence-electron chi connectivity index (χ2n) is 7.83. The van der Waals surface area contributed by atoms with Gasteiger partial charge in [-0.3, -0.25) is 4.98 Å². The first kappa shape index (κ1) is 20.5. The normalized spacial score (nSPS) is 13.6. The lowest BCUT2D eigenvalue weighted by Crippen LogP contribution is -2.28. The number of hydrogen-bond acceptors (Lipinski definition) is 5. The van der Waals surface area contributed by atoms with Gasteiger partial charge in [0, 0.05) is 30.5 Å². The first-order chi connectivity index (χ1) is 15.5. The van der Waals surface area contributed by atoms with Gasteiger partial charge in [-0.05, 0) is 54.7 Å². The highest BCUT2D eigenvalue weighted by molar-refractivity contribution is 7.89. The van der Waals surface area contributed by atoms with Gasteiger partial charge >= 0.3 is 5.76 Å². The Morgan fingerprint density at radius 3 is 2.28 bits per heavy atom. The molecule has 0 aliphatic carbocycles. The average Bonchev–Trinajstić information content (AvgIpc) is 3.09. The lowest BCUT2D eigenvalue weighted by Gasteiger charge is -2.27. The van der Waals surface area contributed by atoms with E-state index in [2.05, 4.69) is 51.0 Å². The molecule has 164 valence electrons. The first-order valence-corrected chi connectivity index (χ1v) is 12.1. The number of hydrogen-bond donors (Lipinski definition) is 2. The van der Waals surface area contributed by atoms with Crippen LogP contribution in [0.25, 0.3) is 11.1 Å². The number of oxazole rings is 1. The summed E-state index contributed by atoms with van der Waals surface area (Å²) in [6, 6.07) is 21.1. The molecule has 0 unspecified atom stereocenters. The summed E-state index contributed by atoms with van der Waals surface area (Å²) in [5, 5.41) is 0. The third kappa shape index (κ3) is 3.94. The Hall–Kier alpha value is -3.36. The Morgan fingerprint density at radius 1 is 0.938 bits per heavy atom. The average molecular weight is 450 g/mol. The summed E-state index contributed by atoms with van der Waals surface area (Å²) < 4.78 is 33.1. The van der Waals surface area contributed by atoms with Gasteiger partial charge in [0.05, 0.1) is 10.4 Å². The van der Waals surface area contributed by atoms with E-state index < -0.39 is 15.8 Å². The van der Waals surface area contributed by atoms with E-state index in [0.29, 0.717) is 18.5 Å². The maximum absolute atomic E-state index is 12.7. The molecule has 0 spiro atoms. The van der Waals surface area contributed by atoms with E-state index in [9.17, 15) is 13.2 Å². The quantitative estimate of drug-likeness (QED) is 0.438. The van der Waals surface area contributed by atoms with E-state index in [-0.39, 0.29) is 17.0 Å². The highest BCUT2D eigenvalue weighted by Gasteiger charge is 2.20. The monoisotopic (exact) mass is 449 g/mol. The van der Waals surface area contributed by atoms with E-state index in [0.717, 1.165) is 12.8 Å². The molecule has 1 aromatic heterocycles. The summed E-state index contributed by atoms with van der Waals surface area (Å²) in [5.41, 5.74) is 5.63. The number of nitrogens with zero attached hydrogens (tertiary/aromatic N) is 1. The Bertz CT molecular complexity index is 1390. The predicted molar refractivity (Wildman–Crippen MR) is 124 cm³/mol. The fourth-order valence-electron chi connectivity index (χ4n) is 4.23. The highest BCUT2D eigenvalue weighted by atomic mass is 32.2. The molecule has 32 heavy (non-hydrogen) atoms. The van der Waals surface area contributed by atoms with Gasteiger partial charge in [-0.1, -0.05) is 36.4 Å². The Morgan fingerprint density at radius 2 is 1.59 bits per heavy atom. The molecule has 0 saturated heterocycles. The van der Waals surface area contributed by atoms with Gasteiger partial charge in [-0.2, -0.15) is 0 Å². The third-order valence-corrected chi connectivity index (χ3v) is 7.24. The van der Waals surface area contributed by atoms with Gasteiger partial charge in [0.15, 0.2) is 5.58 Å². The summed E-state index contributed by atoms with van der Waals surface area (Å²) in [6.45, 7) is 0.973. The van der Waals surface area contributed by atoms with Crippen molar-refractivity contribution < 1.29 is 12.8 Å². The Kier molecular flexibility index (Phi) is 5.32. The molecule has 0 radical (unpaired) electrons. The number of aryl methyl sites for hydroxylation is 2. The van der Waals surface area contributed by atoms with Crippen LogP contribution in [-0.2, 0) is 22.9 Å². The molecule has 0 bridgehead atoms. The minimum absolute atomic E-state index is 0.0678. The van der Waals surface area contributed by atoms with Crippen molar-refractivity contribution in [2.45, 2.75) is 24.2 Å². The molecule has 5 rings (SSSR count). The topological polar surface area (TPSA) is 95.4 Å². The van der Waals surface area contributed by atoms with Crippen LogP contribution >= 0.6 is 0 Å². The van der Waals surface area contributed by atoms with E-state index in [1.54, 1.807) is 0 Å². The number of sulfonamides is 1.